The lowest BCUT2D eigenvalue weighted by molar-refractivity contribution is -0.122. The van der Waals surface area contributed by atoms with E-state index in [1.54, 1.807) is 11.3 Å². The Labute approximate surface area is 113 Å². The largest absolute Gasteiger partial charge is 0.347 e. The van der Waals surface area contributed by atoms with E-state index in [1.807, 2.05) is 27.0 Å². The van der Waals surface area contributed by atoms with Gasteiger partial charge in [-0.1, -0.05) is 20.8 Å². The normalized spacial score (nSPS) is 14.6. The van der Waals surface area contributed by atoms with Gasteiger partial charge < -0.3 is 11.1 Å². The highest BCUT2D eigenvalue weighted by Crippen LogP contribution is 2.20. The summed E-state index contributed by atoms with van der Waals surface area (Å²) in [7, 11) is 0. The van der Waals surface area contributed by atoms with Crippen LogP contribution in [0.5, 0.6) is 0 Å². The Morgan fingerprint density at radius 1 is 1.50 bits per heavy atom. The van der Waals surface area contributed by atoms with Crippen molar-refractivity contribution in [3.63, 3.8) is 0 Å². The van der Waals surface area contributed by atoms with Crippen LogP contribution in [-0.2, 0) is 11.2 Å². The van der Waals surface area contributed by atoms with E-state index in [-0.39, 0.29) is 18.0 Å². The van der Waals surface area contributed by atoms with E-state index in [9.17, 15) is 4.79 Å². The molecule has 1 aromatic heterocycles. The fourth-order valence-corrected chi connectivity index (χ4v) is 2.36. The molecule has 3 N–H and O–H groups in total. The van der Waals surface area contributed by atoms with E-state index in [0.717, 1.165) is 11.4 Å². The molecule has 0 spiro atoms. The number of carbonyl (C=O) groups excluding carboxylic acids is 1. The Bertz CT molecular complexity index is 389. The van der Waals surface area contributed by atoms with Crippen molar-refractivity contribution >= 4 is 17.2 Å². The number of hydrogen-bond donors (Lipinski definition) is 2. The molecule has 18 heavy (non-hydrogen) atoms. The van der Waals surface area contributed by atoms with Crippen molar-refractivity contribution in [2.24, 2.45) is 11.7 Å². The van der Waals surface area contributed by atoms with Crippen LogP contribution in [0.3, 0.4) is 0 Å². The van der Waals surface area contributed by atoms with Gasteiger partial charge in [-0.2, -0.15) is 0 Å². The summed E-state index contributed by atoms with van der Waals surface area (Å²) in [6, 6.07) is -0.123. The van der Waals surface area contributed by atoms with Gasteiger partial charge in [0.25, 0.3) is 0 Å². The highest BCUT2D eigenvalue weighted by Gasteiger charge is 2.17. The Balaban J connectivity index is 2.49. The standard InChI is InChI=1S/C13H23N3OS/c1-5-10-7-15-13(18-10)9(4)16-12(17)6-11(14)8(2)3/h7-9,11H,5-6,14H2,1-4H3,(H,16,17). The number of thiazole rings is 1. The third-order valence-corrected chi connectivity index (χ3v) is 4.27. The molecule has 0 aromatic carbocycles. The zero-order valence-electron chi connectivity index (χ0n) is 11.6. The average Bonchev–Trinajstić information content (AvgIpc) is 2.76. The predicted molar refractivity (Wildman–Crippen MR) is 75.5 cm³/mol. The molecule has 2 unspecified atom stereocenters. The molecule has 0 aliphatic rings. The molecule has 0 aliphatic heterocycles. The summed E-state index contributed by atoms with van der Waals surface area (Å²) < 4.78 is 0. The summed E-state index contributed by atoms with van der Waals surface area (Å²) in [5, 5.41) is 3.91. The molecule has 2 atom stereocenters. The van der Waals surface area contributed by atoms with Crippen molar-refractivity contribution in [2.45, 2.75) is 52.6 Å². The molecule has 1 rings (SSSR count). The van der Waals surface area contributed by atoms with Gasteiger partial charge in [-0.15, -0.1) is 11.3 Å². The van der Waals surface area contributed by atoms with Gasteiger partial charge in [0.15, 0.2) is 0 Å². The van der Waals surface area contributed by atoms with Crippen molar-refractivity contribution in [1.82, 2.24) is 10.3 Å². The Hall–Kier alpha value is -0.940. The zero-order valence-corrected chi connectivity index (χ0v) is 12.4. The maximum atomic E-state index is 11.8. The summed E-state index contributed by atoms with van der Waals surface area (Å²) in [6.45, 7) is 8.10. The van der Waals surface area contributed by atoms with Gasteiger partial charge in [-0.25, -0.2) is 4.98 Å². The van der Waals surface area contributed by atoms with Crippen molar-refractivity contribution in [3.05, 3.63) is 16.1 Å². The number of hydrogen-bond acceptors (Lipinski definition) is 4. The molecular formula is C13H23N3OS. The fourth-order valence-electron chi connectivity index (χ4n) is 1.50. The summed E-state index contributed by atoms with van der Waals surface area (Å²) in [5.41, 5.74) is 5.88. The molecule has 0 radical (unpaired) electrons. The monoisotopic (exact) mass is 269 g/mol. The number of nitrogens with zero attached hydrogens (tertiary/aromatic N) is 1. The van der Waals surface area contributed by atoms with Gasteiger partial charge in [0, 0.05) is 23.5 Å². The highest BCUT2D eigenvalue weighted by atomic mass is 32.1. The fraction of sp³-hybridized carbons (Fsp3) is 0.692. The van der Waals surface area contributed by atoms with Crippen LogP contribution in [0.1, 0.15) is 50.0 Å². The van der Waals surface area contributed by atoms with Gasteiger partial charge in [-0.3, -0.25) is 4.79 Å². The summed E-state index contributed by atoms with van der Waals surface area (Å²) in [4.78, 5) is 17.4. The number of aryl methyl sites for hydroxylation is 1. The van der Waals surface area contributed by atoms with Crippen molar-refractivity contribution in [3.8, 4) is 0 Å². The first-order chi connectivity index (χ1) is 8.43. The molecule has 102 valence electrons. The van der Waals surface area contributed by atoms with Gasteiger partial charge in [0.2, 0.25) is 5.91 Å². The predicted octanol–water partition coefficient (Wildman–Crippen LogP) is 2.26. The quantitative estimate of drug-likeness (QED) is 0.832. The second kappa shape index (κ2) is 6.85. The topological polar surface area (TPSA) is 68.0 Å². The molecule has 0 saturated heterocycles. The lowest BCUT2D eigenvalue weighted by Gasteiger charge is -2.17. The van der Waals surface area contributed by atoms with E-state index in [0.29, 0.717) is 12.3 Å². The van der Waals surface area contributed by atoms with E-state index in [1.165, 1.54) is 4.88 Å². The van der Waals surface area contributed by atoms with E-state index >= 15 is 0 Å². The van der Waals surface area contributed by atoms with Crippen LogP contribution in [0, 0.1) is 5.92 Å². The molecule has 1 heterocycles. The number of carbonyl (C=O) groups is 1. The Kier molecular flexibility index (Phi) is 5.75. The number of rotatable bonds is 6. The van der Waals surface area contributed by atoms with E-state index in [2.05, 4.69) is 17.2 Å². The number of amides is 1. The second-order valence-electron chi connectivity index (χ2n) is 4.92. The molecule has 0 saturated carbocycles. The molecule has 1 aromatic rings. The molecule has 5 heteroatoms. The number of nitrogens with one attached hydrogen (secondary N) is 1. The molecule has 0 bridgehead atoms. The van der Waals surface area contributed by atoms with Crippen LogP contribution in [0.25, 0.3) is 0 Å². The molecule has 1 amide bonds. The second-order valence-corrected chi connectivity index (χ2v) is 6.07. The van der Waals surface area contributed by atoms with Crippen LogP contribution in [0.15, 0.2) is 6.20 Å². The van der Waals surface area contributed by atoms with Crippen LogP contribution < -0.4 is 11.1 Å². The average molecular weight is 269 g/mol. The van der Waals surface area contributed by atoms with E-state index < -0.39 is 0 Å². The highest BCUT2D eigenvalue weighted by molar-refractivity contribution is 7.11. The number of aromatic nitrogens is 1. The third-order valence-electron chi connectivity index (χ3n) is 2.95. The SMILES string of the molecule is CCc1cnc(C(C)NC(=O)CC(N)C(C)C)s1. The van der Waals surface area contributed by atoms with E-state index in [4.69, 9.17) is 5.73 Å². The Morgan fingerprint density at radius 2 is 2.17 bits per heavy atom. The van der Waals surface area contributed by atoms with Crippen molar-refractivity contribution in [1.29, 1.82) is 0 Å². The minimum absolute atomic E-state index is 0.00283. The zero-order chi connectivity index (χ0) is 13.7. The minimum atomic E-state index is -0.0836. The lowest BCUT2D eigenvalue weighted by atomic mass is 10.0. The summed E-state index contributed by atoms with van der Waals surface area (Å²) in [6.07, 6.45) is 3.23. The van der Waals surface area contributed by atoms with Crippen LogP contribution >= 0.6 is 11.3 Å². The minimum Gasteiger partial charge on any atom is -0.347 e. The molecule has 0 aliphatic carbocycles. The third kappa shape index (κ3) is 4.38. The van der Waals surface area contributed by atoms with Crippen LogP contribution in [-0.4, -0.2) is 16.9 Å². The summed E-state index contributed by atoms with van der Waals surface area (Å²) >= 11 is 1.65. The van der Waals surface area contributed by atoms with Crippen molar-refractivity contribution in [2.75, 3.05) is 0 Å². The van der Waals surface area contributed by atoms with Crippen LogP contribution in [0.2, 0.25) is 0 Å². The maximum absolute atomic E-state index is 11.8. The smallest absolute Gasteiger partial charge is 0.222 e. The van der Waals surface area contributed by atoms with Gasteiger partial charge in [-0.05, 0) is 19.3 Å². The Morgan fingerprint density at radius 3 is 2.67 bits per heavy atom. The molecular weight excluding hydrogens is 246 g/mol. The van der Waals surface area contributed by atoms with Gasteiger partial charge >= 0.3 is 0 Å². The van der Waals surface area contributed by atoms with Gasteiger partial charge in [0.05, 0.1) is 6.04 Å². The first-order valence-electron chi connectivity index (χ1n) is 6.43. The lowest BCUT2D eigenvalue weighted by Crippen LogP contribution is -2.35. The van der Waals surface area contributed by atoms with Crippen molar-refractivity contribution < 1.29 is 4.79 Å². The summed E-state index contributed by atoms with van der Waals surface area (Å²) in [5.74, 6) is 0.314. The first-order valence-corrected chi connectivity index (χ1v) is 7.25. The number of nitrogens with two attached hydrogens (primary N) is 1. The van der Waals surface area contributed by atoms with Crippen LogP contribution in [0.4, 0.5) is 0 Å². The first kappa shape index (κ1) is 15.1. The molecule has 0 fully saturated rings. The molecule has 4 nitrogen and oxygen atoms in total. The maximum Gasteiger partial charge on any atom is 0.222 e. The van der Waals surface area contributed by atoms with Gasteiger partial charge in [0.1, 0.15) is 5.01 Å².